The molecule has 0 amide bonds. The van der Waals surface area contributed by atoms with Gasteiger partial charge in [-0.15, -0.1) is 0 Å². The number of hydrogen-bond acceptors (Lipinski definition) is 3. The van der Waals surface area contributed by atoms with Crippen LogP contribution in [-0.4, -0.2) is 15.6 Å². The quantitative estimate of drug-likeness (QED) is 0.862. The van der Waals surface area contributed by atoms with Crippen LogP contribution in [0.25, 0.3) is 0 Å². The van der Waals surface area contributed by atoms with Gasteiger partial charge < -0.3 is 14.3 Å². The predicted molar refractivity (Wildman–Crippen MR) is 66.7 cm³/mol. The molecule has 0 aromatic carbocycles. The maximum atomic E-state index is 5.73. The van der Waals surface area contributed by atoms with Gasteiger partial charge in [0.05, 0.1) is 12.9 Å². The number of nitrogens with zero attached hydrogens (tertiary/aromatic N) is 2. The minimum Gasteiger partial charge on any atom is -0.464 e. The summed E-state index contributed by atoms with van der Waals surface area (Å²) in [5.41, 5.74) is 1.23. The number of aromatic nitrogens is 2. The molecule has 1 N–H and O–H groups in total. The summed E-state index contributed by atoms with van der Waals surface area (Å²) < 4.78 is 7.73. The SMILES string of the molecule is Cc1oc(Cn2ccnc2)cc1CNC(C)C. The van der Waals surface area contributed by atoms with E-state index in [0.29, 0.717) is 6.04 Å². The van der Waals surface area contributed by atoms with E-state index in [1.165, 1.54) is 5.56 Å². The van der Waals surface area contributed by atoms with E-state index in [0.717, 1.165) is 24.6 Å². The Hall–Kier alpha value is -1.55. The lowest BCUT2D eigenvalue weighted by Crippen LogP contribution is -2.21. The minimum atomic E-state index is 0.487. The summed E-state index contributed by atoms with van der Waals surface area (Å²) in [6.45, 7) is 7.89. The second-order valence-electron chi connectivity index (χ2n) is 4.56. The van der Waals surface area contributed by atoms with Crippen molar-refractivity contribution < 1.29 is 4.42 Å². The molecule has 0 radical (unpaired) electrons. The van der Waals surface area contributed by atoms with E-state index in [2.05, 4.69) is 30.2 Å². The van der Waals surface area contributed by atoms with Crippen molar-refractivity contribution in [2.45, 2.75) is 39.9 Å². The molecular formula is C13H19N3O. The number of imidazole rings is 1. The Kier molecular flexibility index (Phi) is 3.64. The minimum absolute atomic E-state index is 0.487. The fraction of sp³-hybridized carbons (Fsp3) is 0.462. The first kappa shape index (κ1) is 11.9. The molecule has 2 heterocycles. The fourth-order valence-electron chi connectivity index (χ4n) is 1.72. The van der Waals surface area contributed by atoms with Crippen LogP contribution in [0.2, 0.25) is 0 Å². The Balaban J connectivity index is 2.02. The lowest BCUT2D eigenvalue weighted by molar-refractivity contribution is 0.465. The van der Waals surface area contributed by atoms with Crippen LogP contribution in [0.4, 0.5) is 0 Å². The van der Waals surface area contributed by atoms with Crippen molar-refractivity contribution in [2.24, 2.45) is 0 Å². The van der Waals surface area contributed by atoms with Gasteiger partial charge in [-0.2, -0.15) is 0 Å². The first-order valence-corrected chi connectivity index (χ1v) is 5.92. The summed E-state index contributed by atoms with van der Waals surface area (Å²) in [6, 6.07) is 2.60. The highest BCUT2D eigenvalue weighted by Crippen LogP contribution is 2.15. The number of aryl methyl sites for hydroxylation is 1. The van der Waals surface area contributed by atoms with Gasteiger partial charge in [-0.25, -0.2) is 4.98 Å². The average Bonchev–Trinajstić information content (AvgIpc) is 2.86. The average molecular weight is 233 g/mol. The van der Waals surface area contributed by atoms with Crippen molar-refractivity contribution >= 4 is 0 Å². The van der Waals surface area contributed by atoms with Crippen molar-refractivity contribution in [1.82, 2.24) is 14.9 Å². The third-order valence-electron chi connectivity index (χ3n) is 2.67. The van der Waals surface area contributed by atoms with Gasteiger partial charge in [-0.1, -0.05) is 13.8 Å². The molecule has 0 aliphatic rings. The predicted octanol–water partition coefficient (Wildman–Crippen LogP) is 2.33. The second-order valence-corrected chi connectivity index (χ2v) is 4.56. The monoisotopic (exact) mass is 233 g/mol. The highest BCUT2D eigenvalue weighted by Gasteiger charge is 2.08. The Morgan fingerprint density at radius 3 is 2.94 bits per heavy atom. The molecule has 0 bridgehead atoms. The van der Waals surface area contributed by atoms with E-state index >= 15 is 0 Å². The zero-order valence-corrected chi connectivity index (χ0v) is 10.6. The van der Waals surface area contributed by atoms with E-state index in [1.807, 2.05) is 17.7 Å². The molecule has 4 heteroatoms. The van der Waals surface area contributed by atoms with Gasteiger partial charge in [0.1, 0.15) is 11.5 Å². The van der Waals surface area contributed by atoms with Crippen LogP contribution in [0.15, 0.2) is 29.2 Å². The molecule has 0 atom stereocenters. The maximum absolute atomic E-state index is 5.73. The third-order valence-corrected chi connectivity index (χ3v) is 2.67. The van der Waals surface area contributed by atoms with Crippen LogP contribution in [0.3, 0.4) is 0 Å². The first-order valence-electron chi connectivity index (χ1n) is 5.92. The number of furan rings is 1. The lowest BCUT2D eigenvalue weighted by Gasteiger charge is -2.05. The standard InChI is InChI=1S/C13H19N3O/c1-10(2)15-7-12-6-13(17-11(12)3)8-16-5-4-14-9-16/h4-6,9-10,15H,7-8H2,1-3H3. The van der Waals surface area contributed by atoms with Crippen LogP contribution in [0.5, 0.6) is 0 Å². The van der Waals surface area contributed by atoms with E-state index < -0.39 is 0 Å². The third kappa shape index (κ3) is 3.20. The lowest BCUT2D eigenvalue weighted by atomic mass is 10.2. The molecule has 2 rings (SSSR count). The van der Waals surface area contributed by atoms with Crippen molar-refractivity contribution in [2.75, 3.05) is 0 Å². The van der Waals surface area contributed by atoms with Gasteiger partial charge >= 0.3 is 0 Å². The molecule has 0 saturated heterocycles. The van der Waals surface area contributed by atoms with Gasteiger partial charge in [-0.3, -0.25) is 0 Å². The molecular weight excluding hydrogens is 214 g/mol. The number of rotatable bonds is 5. The molecule has 92 valence electrons. The number of hydrogen-bond donors (Lipinski definition) is 1. The Bertz CT molecular complexity index is 457. The zero-order chi connectivity index (χ0) is 12.3. The van der Waals surface area contributed by atoms with Crippen molar-refractivity contribution in [3.05, 3.63) is 41.9 Å². The van der Waals surface area contributed by atoms with Gasteiger partial charge in [0, 0.05) is 30.5 Å². The highest BCUT2D eigenvalue weighted by atomic mass is 16.3. The Morgan fingerprint density at radius 1 is 1.47 bits per heavy atom. The maximum Gasteiger partial charge on any atom is 0.124 e. The summed E-state index contributed by atoms with van der Waals surface area (Å²) in [4.78, 5) is 4.02. The molecule has 0 unspecified atom stereocenters. The van der Waals surface area contributed by atoms with Crippen molar-refractivity contribution in [1.29, 1.82) is 0 Å². The van der Waals surface area contributed by atoms with E-state index in [9.17, 15) is 0 Å². The molecule has 0 aliphatic carbocycles. The molecule has 0 spiro atoms. The fourth-order valence-corrected chi connectivity index (χ4v) is 1.72. The van der Waals surface area contributed by atoms with Gasteiger partial charge in [-0.05, 0) is 13.0 Å². The summed E-state index contributed by atoms with van der Waals surface area (Å²) >= 11 is 0. The summed E-state index contributed by atoms with van der Waals surface area (Å²) in [7, 11) is 0. The first-order chi connectivity index (χ1) is 8.15. The summed E-state index contributed by atoms with van der Waals surface area (Å²) in [6.07, 6.45) is 5.50. The van der Waals surface area contributed by atoms with Gasteiger partial charge in [0.25, 0.3) is 0 Å². The smallest absolute Gasteiger partial charge is 0.124 e. The molecule has 0 saturated carbocycles. The number of nitrogens with one attached hydrogen (secondary N) is 1. The van der Waals surface area contributed by atoms with Crippen LogP contribution in [-0.2, 0) is 13.1 Å². The van der Waals surface area contributed by atoms with Crippen LogP contribution < -0.4 is 5.32 Å². The van der Waals surface area contributed by atoms with E-state index in [4.69, 9.17) is 4.42 Å². The molecule has 0 fully saturated rings. The zero-order valence-electron chi connectivity index (χ0n) is 10.6. The van der Waals surface area contributed by atoms with E-state index in [1.54, 1.807) is 12.5 Å². The largest absolute Gasteiger partial charge is 0.464 e. The van der Waals surface area contributed by atoms with Crippen LogP contribution >= 0.6 is 0 Å². The summed E-state index contributed by atoms with van der Waals surface area (Å²) in [5.74, 6) is 1.97. The Morgan fingerprint density at radius 2 is 2.29 bits per heavy atom. The normalized spacial score (nSPS) is 11.3. The second kappa shape index (κ2) is 5.19. The Labute approximate surface area is 102 Å². The highest BCUT2D eigenvalue weighted by molar-refractivity contribution is 5.21. The molecule has 2 aromatic rings. The van der Waals surface area contributed by atoms with Crippen LogP contribution in [0.1, 0.15) is 30.9 Å². The molecule has 2 aromatic heterocycles. The molecule has 4 nitrogen and oxygen atoms in total. The van der Waals surface area contributed by atoms with Crippen LogP contribution in [0, 0.1) is 6.92 Å². The molecule has 17 heavy (non-hydrogen) atoms. The summed E-state index contributed by atoms with van der Waals surface area (Å²) in [5, 5.41) is 3.40. The van der Waals surface area contributed by atoms with Crippen molar-refractivity contribution in [3.8, 4) is 0 Å². The molecule has 0 aliphatic heterocycles. The van der Waals surface area contributed by atoms with Crippen molar-refractivity contribution in [3.63, 3.8) is 0 Å². The van der Waals surface area contributed by atoms with Gasteiger partial charge in [0.2, 0.25) is 0 Å². The van der Waals surface area contributed by atoms with Gasteiger partial charge in [0.15, 0.2) is 0 Å². The topological polar surface area (TPSA) is 43.0 Å². The van der Waals surface area contributed by atoms with E-state index in [-0.39, 0.29) is 0 Å².